The van der Waals surface area contributed by atoms with Crippen LogP contribution in [-0.2, 0) is 0 Å². The molecule has 0 aliphatic carbocycles. The van der Waals surface area contributed by atoms with Gasteiger partial charge in [-0.25, -0.2) is 4.79 Å². The lowest BCUT2D eigenvalue weighted by Gasteiger charge is -2.32. The van der Waals surface area contributed by atoms with Crippen molar-refractivity contribution in [1.29, 1.82) is 0 Å². The third-order valence-electron chi connectivity index (χ3n) is 3.55. The molecule has 2 rings (SSSR count). The molecule has 128 valence electrons. The van der Waals surface area contributed by atoms with Gasteiger partial charge in [0.15, 0.2) is 0 Å². The number of urea groups is 1. The Hall–Kier alpha value is -1.02. The Morgan fingerprint density at radius 2 is 2.04 bits per heavy atom. The zero-order valence-corrected chi connectivity index (χ0v) is 14.4. The van der Waals surface area contributed by atoms with E-state index in [1.54, 1.807) is 16.7 Å². The molecule has 3 nitrogen and oxygen atoms in total. The predicted octanol–water partition coefficient (Wildman–Crippen LogP) is 4.91. The molecule has 8 heteroatoms. The van der Waals surface area contributed by atoms with Gasteiger partial charge in [0, 0.05) is 23.7 Å². The summed E-state index contributed by atoms with van der Waals surface area (Å²) in [6.07, 6.45) is 4.17. The van der Waals surface area contributed by atoms with E-state index in [1.165, 1.54) is 24.3 Å². The Morgan fingerprint density at radius 3 is 2.65 bits per heavy atom. The second-order valence-corrected chi connectivity index (χ2v) is 7.46. The number of anilines is 1. The maximum absolute atomic E-state index is 12.3. The predicted molar refractivity (Wildman–Crippen MR) is 90.1 cm³/mol. The molecule has 0 unspecified atom stereocenters. The summed E-state index contributed by atoms with van der Waals surface area (Å²) in [4.78, 5) is 14.1. The fourth-order valence-corrected chi connectivity index (χ4v) is 3.85. The first-order valence-electron chi connectivity index (χ1n) is 7.28. The van der Waals surface area contributed by atoms with Crippen molar-refractivity contribution < 1.29 is 18.0 Å². The van der Waals surface area contributed by atoms with Crippen LogP contribution in [0.25, 0.3) is 0 Å². The van der Waals surface area contributed by atoms with Crippen LogP contribution in [0.15, 0.2) is 29.2 Å². The van der Waals surface area contributed by atoms with Crippen molar-refractivity contribution in [2.24, 2.45) is 5.92 Å². The van der Waals surface area contributed by atoms with E-state index in [-0.39, 0.29) is 22.7 Å². The van der Waals surface area contributed by atoms with E-state index in [0.717, 1.165) is 31.7 Å². The number of nitrogens with zero attached hydrogens (tertiary/aromatic N) is 1. The monoisotopic (exact) mass is 364 g/mol. The molecule has 0 spiro atoms. The van der Waals surface area contributed by atoms with Gasteiger partial charge >= 0.3 is 11.5 Å². The van der Waals surface area contributed by atoms with Gasteiger partial charge in [0.25, 0.3) is 0 Å². The molecule has 23 heavy (non-hydrogen) atoms. The molecule has 1 N–H and O–H groups in total. The Morgan fingerprint density at radius 1 is 1.35 bits per heavy atom. The SMILES string of the molecule is CSC[C@H]1CCCN(C(=O)Nc2ccc(SC(F)(F)F)cc2)C1. The molecular formula is C15H19F3N2OS2. The minimum atomic E-state index is -4.30. The lowest BCUT2D eigenvalue weighted by atomic mass is 10.0. The van der Waals surface area contributed by atoms with Crippen LogP contribution in [0.4, 0.5) is 23.7 Å². The van der Waals surface area contributed by atoms with Crippen molar-refractivity contribution >= 4 is 35.2 Å². The summed E-state index contributed by atoms with van der Waals surface area (Å²) in [6, 6.07) is 5.53. The van der Waals surface area contributed by atoms with Crippen molar-refractivity contribution in [3.05, 3.63) is 24.3 Å². The van der Waals surface area contributed by atoms with Gasteiger partial charge in [0.2, 0.25) is 0 Å². The number of thioether (sulfide) groups is 2. The molecule has 0 aromatic heterocycles. The minimum Gasteiger partial charge on any atom is -0.324 e. The van der Waals surface area contributed by atoms with Crippen LogP contribution in [0.1, 0.15) is 12.8 Å². The Kier molecular flexibility index (Phi) is 6.52. The van der Waals surface area contributed by atoms with Crippen molar-refractivity contribution in [2.75, 3.05) is 30.4 Å². The standard InChI is InChI=1S/C15H19F3N2OS2/c1-22-10-11-3-2-8-20(9-11)14(21)19-12-4-6-13(7-5-12)23-15(16,17)18/h4-7,11H,2-3,8-10H2,1H3,(H,19,21)/t11-/m0/s1. The number of benzene rings is 1. The van der Waals surface area contributed by atoms with E-state index in [0.29, 0.717) is 11.6 Å². The number of amides is 2. The number of hydrogen-bond acceptors (Lipinski definition) is 3. The lowest BCUT2D eigenvalue weighted by Crippen LogP contribution is -2.42. The molecule has 1 heterocycles. The number of carbonyl (C=O) groups excluding carboxylic acids is 1. The third-order valence-corrected chi connectivity index (χ3v) is 5.09. The molecular weight excluding hydrogens is 345 g/mol. The van der Waals surface area contributed by atoms with Crippen LogP contribution >= 0.6 is 23.5 Å². The second kappa shape index (κ2) is 8.19. The molecule has 1 aliphatic heterocycles. The molecule has 1 atom stereocenters. The highest BCUT2D eigenvalue weighted by Crippen LogP contribution is 2.37. The fraction of sp³-hybridized carbons (Fsp3) is 0.533. The first-order chi connectivity index (χ1) is 10.9. The summed E-state index contributed by atoms with van der Waals surface area (Å²) in [5.74, 6) is 1.54. The van der Waals surface area contributed by atoms with Gasteiger partial charge in [0.1, 0.15) is 0 Å². The van der Waals surface area contributed by atoms with E-state index in [9.17, 15) is 18.0 Å². The molecule has 1 aliphatic rings. The zero-order chi connectivity index (χ0) is 16.9. The van der Waals surface area contributed by atoms with E-state index >= 15 is 0 Å². The molecule has 1 fully saturated rings. The van der Waals surface area contributed by atoms with E-state index in [2.05, 4.69) is 11.6 Å². The summed E-state index contributed by atoms with van der Waals surface area (Å²) in [7, 11) is 0. The summed E-state index contributed by atoms with van der Waals surface area (Å²) in [5, 5.41) is 2.75. The van der Waals surface area contributed by atoms with Crippen molar-refractivity contribution in [3.8, 4) is 0 Å². The van der Waals surface area contributed by atoms with Crippen LogP contribution in [-0.4, -0.2) is 41.5 Å². The van der Waals surface area contributed by atoms with Crippen LogP contribution < -0.4 is 5.32 Å². The van der Waals surface area contributed by atoms with Crippen LogP contribution in [0.3, 0.4) is 0 Å². The van der Waals surface area contributed by atoms with Gasteiger partial charge in [-0.05, 0) is 66.8 Å². The molecule has 1 aromatic rings. The number of alkyl halides is 3. The summed E-state index contributed by atoms with van der Waals surface area (Å²) < 4.78 is 36.8. The molecule has 1 aromatic carbocycles. The van der Waals surface area contributed by atoms with Crippen LogP contribution in [0, 0.1) is 5.92 Å². The number of carbonyl (C=O) groups is 1. The first kappa shape index (κ1) is 18.3. The van der Waals surface area contributed by atoms with Gasteiger partial charge < -0.3 is 10.2 Å². The minimum absolute atomic E-state index is 0.105. The smallest absolute Gasteiger partial charge is 0.324 e. The quantitative estimate of drug-likeness (QED) is 0.771. The van der Waals surface area contributed by atoms with Gasteiger partial charge in [-0.3, -0.25) is 0 Å². The van der Waals surface area contributed by atoms with Crippen molar-refractivity contribution in [3.63, 3.8) is 0 Å². The highest BCUT2D eigenvalue weighted by Gasteiger charge is 2.29. The largest absolute Gasteiger partial charge is 0.446 e. The molecule has 0 saturated carbocycles. The van der Waals surface area contributed by atoms with Gasteiger partial charge in [-0.1, -0.05) is 0 Å². The molecule has 0 bridgehead atoms. The summed E-state index contributed by atoms with van der Waals surface area (Å²) in [5.41, 5.74) is -3.79. The average Bonchev–Trinajstić information content (AvgIpc) is 2.48. The number of halogens is 3. The van der Waals surface area contributed by atoms with Crippen LogP contribution in [0.5, 0.6) is 0 Å². The number of rotatable bonds is 4. The topological polar surface area (TPSA) is 32.3 Å². The molecule has 0 radical (unpaired) electrons. The van der Waals surface area contributed by atoms with E-state index in [4.69, 9.17) is 0 Å². The average molecular weight is 364 g/mol. The van der Waals surface area contributed by atoms with Gasteiger partial charge in [0.05, 0.1) is 0 Å². The van der Waals surface area contributed by atoms with Crippen molar-refractivity contribution in [1.82, 2.24) is 4.90 Å². The van der Waals surface area contributed by atoms with E-state index < -0.39 is 5.51 Å². The maximum atomic E-state index is 12.3. The number of nitrogens with one attached hydrogen (secondary N) is 1. The Bertz CT molecular complexity index is 520. The number of likely N-dealkylation sites (tertiary alicyclic amines) is 1. The Balaban J connectivity index is 1.89. The van der Waals surface area contributed by atoms with E-state index in [1.807, 2.05) is 0 Å². The second-order valence-electron chi connectivity index (χ2n) is 5.41. The Labute approximate surface area is 142 Å². The van der Waals surface area contributed by atoms with Crippen LogP contribution in [0.2, 0.25) is 0 Å². The third kappa shape index (κ3) is 6.18. The van der Waals surface area contributed by atoms with Gasteiger partial charge in [-0.15, -0.1) is 0 Å². The van der Waals surface area contributed by atoms with Crippen molar-refractivity contribution in [2.45, 2.75) is 23.2 Å². The highest BCUT2D eigenvalue weighted by atomic mass is 32.2. The maximum Gasteiger partial charge on any atom is 0.446 e. The summed E-state index contributed by atoms with van der Waals surface area (Å²) in [6.45, 7) is 1.45. The number of piperidine rings is 1. The fourth-order valence-electron chi connectivity index (χ4n) is 2.56. The number of hydrogen-bond donors (Lipinski definition) is 1. The normalized spacial score (nSPS) is 18.8. The zero-order valence-electron chi connectivity index (χ0n) is 12.7. The molecule has 1 saturated heterocycles. The lowest BCUT2D eigenvalue weighted by molar-refractivity contribution is -0.0328. The highest BCUT2D eigenvalue weighted by molar-refractivity contribution is 8.00. The molecule has 2 amide bonds. The summed E-state index contributed by atoms with van der Waals surface area (Å²) >= 11 is 1.62. The first-order valence-corrected chi connectivity index (χ1v) is 9.49. The van der Waals surface area contributed by atoms with Gasteiger partial charge in [-0.2, -0.15) is 24.9 Å².